The van der Waals surface area contributed by atoms with Crippen LogP contribution in [-0.2, 0) is 9.59 Å². The maximum absolute atomic E-state index is 11.9. The number of nitrogens with zero attached hydrogens (tertiary/aromatic N) is 2. The van der Waals surface area contributed by atoms with Crippen LogP contribution in [0.2, 0.25) is 0 Å². The summed E-state index contributed by atoms with van der Waals surface area (Å²) in [5, 5.41) is 21.1. The highest BCUT2D eigenvalue weighted by molar-refractivity contribution is 6.01. The number of carbonyl (C=O) groups is 4. The first-order valence-corrected chi connectivity index (χ1v) is 8.34. The van der Waals surface area contributed by atoms with Crippen molar-refractivity contribution in [3.63, 3.8) is 0 Å². The minimum absolute atomic E-state index is 0.0331. The second kappa shape index (κ2) is 10.1. The maximum atomic E-state index is 11.9. The second-order valence-corrected chi connectivity index (χ2v) is 5.79. The highest BCUT2D eigenvalue weighted by Crippen LogP contribution is 2.12. The number of hydrazine groups is 2. The normalized spacial score (nSPS) is 9.81. The predicted molar refractivity (Wildman–Crippen MR) is 102 cm³/mol. The molecule has 0 aliphatic heterocycles. The number of nitro benzene ring substituents is 2. The quantitative estimate of drug-likeness (QED) is 0.281. The van der Waals surface area contributed by atoms with Crippen molar-refractivity contribution < 1.29 is 29.0 Å². The Kier molecular flexibility index (Phi) is 7.27. The Balaban J connectivity index is 1.75. The third-order valence-electron chi connectivity index (χ3n) is 3.63. The molecule has 4 N–H and O–H groups in total. The van der Waals surface area contributed by atoms with Gasteiger partial charge in [-0.3, -0.25) is 61.1 Å². The molecule has 2 aromatic rings. The number of rotatable bonds is 6. The van der Waals surface area contributed by atoms with Crippen molar-refractivity contribution in [2.75, 3.05) is 0 Å². The topological polar surface area (TPSA) is 203 Å². The molecule has 0 spiro atoms. The molecule has 0 saturated heterocycles. The van der Waals surface area contributed by atoms with E-state index in [2.05, 4.69) is 0 Å². The fourth-order valence-electron chi connectivity index (χ4n) is 2.10. The molecule has 0 unspecified atom stereocenters. The lowest BCUT2D eigenvalue weighted by Gasteiger charge is -2.09. The third kappa shape index (κ3) is 6.60. The Morgan fingerprint density at radius 3 is 1.23 bits per heavy atom. The van der Waals surface area contributed by atoms with Crippen LogP contribution in [0, 0.1) is 20.2 Å². The summed E-state index contributed by atoms with van der Waals surface area (Å²) < 4.78 is 0. The van der Waals surface area contributed by atoms with Crippen LogP contribution in [0.4, 0.5) is 11.4 Å². The monoisotopic (exact) mass is 430 g/mol. The summed E-state index contributed by atoms with van der Waals surface area (Å²) in [4.78, 5) is 67.0. The SMILES string of the molecule is O=C(CC(=O)NNC(=O)c1ccc([N+](=O)[O-])cc1)NNC(=O)c1ccc([N+](=O)[O-])cc1. The van der Waals surface area contributed by atoms with Crippen molar-refractivity contribution in [3.8, 4) is 0 Å². The number of hydrogen-bond acceptors (Lipinski definition) is 8. The van der Waals surface area contributed by atoms with E-state index >= 15 is 0 Å². The number of hydrogen-bond donors (Lipinski definition) is 4. The van der Waals surface area contributed by atoms with E-state index in [0.29, 0.717) is 0 Å². The molecule has 0 aliphatic rings. The molecule has 4 amide bonds. The first kappa shape index (κ1) is 22.4. The Bertz CT molecular complexity index is 952. The van der Waals surface area contributed by atoms with Crippen LogP contribution < -0.4 is 21.7 Å². The molecule has 0 saturated carbocycles. The first-order chi connectivity index (χ1) is 14.7. The van der Waals surface area contributed by atoms with Gasteiger partial charge in [-0.2, -0.15) is 0 Å². The molecule has 31 heavy (non-hydrogen) atoms. The van der Waals surface area contributed by atoms with Gasteiger partial charge < -0.3 is 0 Å². The van der Waals surface area contributed by atoms with Gasteiger partial charge >= 0.3 is 0 Å². The summed E-state index contributed by atoms with van der Waals surface area (Å²) in [7, 11) is 0. The van der Waals surface area contributed by atoms with Crippen LogP contribution >= 0.6 is 0 Å². The number of nitro groups is 2. The predicted octanol–water partition coefficient (Wildman–Crippen LogP) is 0.115. The number of benzene rings is 2. The zero-order valence-electron chi connectivity index (χ0n) is 15.5. The van der Waals surface area contributed by atoms with E-state index in [1.54, 1.807) is 0 Å². The Labute approximate surface area is 172 Å². The maximum Gasteiger partial charge on any atom is 0.269 e. The van der Waals surface area contributed by atoms with Gasteiger partial charge in [0.15, 0.2) is 0 Å². The zero-order chi connectivity index (χ0) is 23.0. The van der Waals surface area contributed by atoms with Gasteiger partial charge in [0.2, 0.25) is 11.8 Å². The van der Waals surface area contributed by atoms with Gasteiger partial charge in [0, 0.05) is 35.4 Å². The lowest BCUT2D eigenvalue weighted by atomic mass is 10.2. The zero-order valence-corrected chi connectivity index (χ0v) is 15.5. The van der Waals surface area contributed by atoms with Crippen LogP contribution in [0.5, 0.6) is 0 Å². The molecular weight excluding hydrogens is 416 g/mol. The molecule has 0 fully saturated rings. The summed E-state index contributed by atoms with van der Waals surface area (Å²) in [6, 6.07) is 9.16. The van der Waals surface area contributed by atoms with Gasteiger partial charge in [0.1, 0.15) is 6.42 Å². The molecule has 0 aliphatic carbocycles. The molecule has 0 heterocycles. The molecule has 0 bridgehead atoms. The van der Waals surface area contributed by atoms with Crippen LogP contribution in [0.25, 0.3) is 0 Å². The van der Waals surface area contributed by atoms with Gasteiger partial charge in [0.05, 0.1) is 9.85 Å². The molecule has 14 nitrogen and oxygen atoms in total. The Hall–Kier alpha value is -4.88. The average Bonchev–Trinajstić information content (AvgIpc) is 2.75. The first-order valence-electron chi connectivity index (χ1n) is 8.34. The standard InChI is InChI=1S/C17H14N6O8/c24-14(18-20-16(26)10-1-5-12(6-2-10)22(28)29)9-15(25)19-21-17(27)11-3-7-13(8-4-11)23(30)31/h1-8H,9H2,(H,18,24)(H,19,25)(H,20,26)(H,21,27). The van der Waals surface area contributed by atoms with Gasteiger partial charge in [-0.05, 0) is 24.3 Å². The Morgan fingerprint density at radius 2 is 0.935 bits per heavy atom. The minimum atomic E-state index is -0.905. The summed E-state index contributed by atoms with van der Waals surface area (Å²) in [6.45, 7) is 0. The number of non-ortho nitro benzene ring substituents is 2. The molecule has 2 aromatic carbocycles. The van der Waals surface area contributed by atoms with Crippen LogP contribution in [0.3, 0.4) is 0 Å². The van der Waals surface area contributed by atoms with E-state index in [4.69, 9.17) is 0 Å². The molecule has 2 rings (SSSR count). The van der Waals surface area contributed by atoms with Crippen molar-refractivity contribution in [2.24, 2.45) is 0 Å². The third-order valence-corrected chi connectivity index (χ3v) is 3.63. The van der Waals surface area contributed by atoms with E-state index in [-0.39, 0.29) is 22.5 Å². The largest absolute Gasteiger partial charge is 0.273 e. The molecule has 0 radical (unpaired) electrons. The van der Waals surface area contributed by atoms with Crippen molar-refractivity contribution >= 4 is 35.0 Å². The highest BCUT2D eigenvalue weighted by Gasteiger charge is 2.14. The molecule has 160 valence electrons. The fourth-order valence-corrected chi connectivity index (χ4v) is 2.10. The van der Waals surface area contributed by atoms with Gasteiger partial charge in [-0.25, -0.2) is 0 Å². The van der Waals surface area contributed by atoms with Crippen LogP contribution in [0.15, 0.2) is 48.5 Å². The number of amides is 4. The second-order valence-electron chi connectivity index (χ2n) is 5.79. The fraction of sp³-hybridized carbons (Fsp3) is 0.0588. The van der Waals surface area contributed by atoms with E-state index in [0.717, 1.165) is 24.3 Å². The minimum Gasteiger partial charge on any atom is -0.273 e. The Morgan fingerprint density at radius 1 is 0.613 bits per heavy atom. The number of nitrogens with one attached hydrogen (secondary N) is 4. The molecule has 0 atom stereocenters. The van der Waals surface area contributed by atoms with Gasteiger partial charge in [-0.15, -0.1) is 0 Å². The average molecular weight is 430 g/mol. The van der Waals surface area contributed by atoms with E-state index in [1.165, 1.54) is 24.3 Å². The molecule has 14 heteroatoms. The summed E-state index contributed by atoms with van der Waals surface area (Å²) in [5.41, 5.74) is 7.64. The van der Waals surface area contributed by atoms with E-state index < -0.39 is 39.9 Å². The van der Waals surface area contributed by atoms with Crippen molar-refractivity contribution in [1.29, 1.82) is 0 Å². The highest BCUT2D eigenvalue weighted by atomic mass is 16.6. The van der Waals surface area contributed by atoms with E-state index in [9.17, 15) is 39.4 Å². The van der Waals surface area contributed by atoms with Crippen molar-refractivity contribution in [3.05, 3.63) is 79.9 Å². The summed E-state index contributed by atoms with van der Waals surface area (Å²) in [6.07, 6.45) is -0.749. The summed E-state index contributed by atoms with van der Waals surface area (Å²) in [5.74, 6) is -3.35. The van der Waals surface area contributed by atoms with Crippen LogP contribution in [-0.4, -0.2) is 33.5 Å². The van der Waals surface area contributed by atoms with Gasteiger partial charge in [-0.1, -0.05) is 0 Å². The molecule has 0 aromatic heterocycles. The van der Waals surface area contributed by atoms with Crippen molar-refractivity contribution in [1.82, 2.24) is 21.7 Å². The lowest BCUT2D eigenvalue weighted by Crippen LogP contribution is -2.46. The van der Waals surface area contributed by atoms with Crippen molar-refractivity contribution in [2.45, 2.75) is 6.42 Å². The van der Waals surface area contributed by atoms with Gasteiger partial charge in [0.25, 0.3) is 23.2 Å². The molecular formula is C17H14N6O8. The summed E-state index contributed by atoms with van der Waals surface area (Å²) >= 11 is 0. The van der Waals surface area contributed by atoms with Crippen LogP contribution in [0.1, 0.15) is 27.1 Å². The smallest absolute Gasteiger partial charge is 0.269 e. The number of carbonyl (C=O) groups excluding carboxylic acids is 4. The lowest BCUT2D eigenvalue weighted by molar-refractivity contribution is -0.385. The van der Waals surface area contributed by atoms with E-state index in [1.807, 2.05) is 21.7 Å².